The molecule has 1 amide bonds. The van der Waals surface area contributed by atoms with Gasteiger partial charge in [-0.15, -0.1) is 0 Å². The van der Waals surface area contributed by atoms with Crippen LogP contribution in [0, 0.1) is 5.92 Å². The first-order valence-corrected chi connectivity index (χ1v) is 8.17. The van der Waals surface area contributed by atoms with Gasteiger partial charge in [0.1, 0.15) is 0 Å². The minimum Gasteiger partial charge on any atom is -0.481 e. The van der Waals surface area contributed by atoms with Gasteiger partial charge in [0.2, 0.25) is 0 Å². The summed E-state index contributed by atoms with van der Waals surface area (Å²) in [5.41, 5.74) is 1.94. The van der Waals surface area contributed by atoms with Gasteiger partial charge < -0.3 is 10.4 Å². The van der Waals surface area contributed by atoms with Gasteiger partial charge in [-0.1, -0.05) is 23.7 Å². The SMILES string of the molecule is O=C(N[C@@H]1CC[C@H](C(=O)O)C1)c1cc(-c2ccccn2)ccc1Cl. The number of halogens is 1. The standard InChI is InChI=1S/C18H17ClN2O3/c19-15-7-5-11(16-3-1-2-8-20-16)10-14(15)17(22)21-13-6-4-12(9-13)18(23)24/h1-3,5,7-8,10,12-13H,4,6,9H2,(H,21,22)(H,23,24)/t12-,13+/m0/s1. The third-order valence-corrected chi connectivity index (χ3v) is 4.62. The summed E-state index contributed by atoms with van der Waals surface area (Å²) in [7, 11) is 0. The lowest BCUT2D eigenvalue weighted by Crippen LogP contribution is -2.33. The molecule has 1 heterocycles. The summed E-state index contributed by atoms with van der Waals surface area (Å²) in [6.45, 7) is 0. The first kappa shape index (κ1) is 16.5. The third-order valence-electron chi connectivity index (χ3n) is 4.29. The molecule has 1 saturated carbocycles. The van der Waals surface area contributed by atoms with E-state index >= 15 is 0 Å². The predicted molar refractivity (Wildman–Crippen MR) is 90.9 cm³/mol. The van der Waals surface area contributed by atoms with Crippen LogP contribution in [0.2, 0.25) is 5.02 Å². The van der Waals surface area contributed by atoms with Crippen molar-refractivity contribution >= 4 is 23.5 Å². The zero-order valence-corrected chi connectivity index (χ0v) is 13.7. The molecule has 0 bridgehead atoms. The Bertz CT molecular complexity index is 764. The number of carbonyl (C=O) groups is 2. The number of carboxylic acids is 1. The van der Waals surface area contributed by atoms with Crippen LogP contribution in [0.4, 0.5) is 0 Å². The second kappa shape index (κ2) is 7.01. The summed E-state index contributed by atoms with van der Waals surface area (Å²) in [6.07, 6.45) is 3.40. The van der Waals surface area contributed by atoms with Gasteiger partial charge in [0.15, 0.2) is 0 Å². The summed E-state index contributed by atoms with van der Waals surface area (Å²) < 4.78 is 0. The summed E-state index contributed by atoms with van der Waals surface area (Å²) in [5, 5.41) is 12.3. The Morgan fingerprint density at radius 1 is 1.21 bits per heavy atom. The fraction of sp³-hybridized carbons (Fsp3) is 0.278. The first-order chi connectivity index (χ1) is 11.5. The van der Waals surface area contributed by atoms with Crippen LogP contribution >= 0.6 is 11.6 Å². The highest BCUT2D eigenvalue weighted by Crippen LogP contribution is 2.27. The maximum atomic E-state index is 12.5. The molecule has 2 atom stereocenters. The number of hydrogen-bond donors (Lipinski definition) is 2. The molecule has 1 aromatic carbocycles. The second-order valence-corrected chi connectivity index (χ2v) is 6.34. The Morgan fingerprint density at radius 3 is 2.71 bits per heavy atom. The van der Waals surface area contributed by atoms with E-state index in [0.717, 1.165) is 11.3 Å². The molecule has 5 nitrogen and oxygen atoms in total. The highest BCUT2D eigenvalue weighted by atomic mass is 35.5. The Labute approximate surface area is 144 Å². The number of hydrogen-bond acceptors (Lipinski definition) is 3. The highest BCUT2D eigenvalue weighted by molar-refractivity contribution is 6.34. The number of rotatable bonds is 4. The molecular weight excluding hydrogens is 328 g/mol. The van der Waals surface area contributed by atoms with Gasteiger partial charge in [0, 0.05) is 17.8 Å². The van der Waals surface area contributed by atoms with Crippen LogP contribution in [0.3, 0.4) is 0 Å². The molecule has 6 heteroatoms. The lowest BCUT2D eigenvalue weighted by atomic mass is 10.1. The van der Waals surface area contributed by atoms with Crippen LogP contribution in [-0.2, 0) is 4.79 Å². The molecule has 124 valence electrons. The molecule has 1 aliphatic carbocycles. The molecule has 2 N–H and O–H groups in total. The van der Waals surface area contributed by atoms with Gasteiger partial charge in [-0.3, -0.25) is 14.6 Å². The number of nitrogens with one attached hydrogen (secondary N) is 1. The maximum absolute atomic E-state index is 12.5. The maximum Gasteiger partial charge on any atom is 0.306 e. The minimum atomic E-state index is -0.804. The minimum absolute atomic E-state index is 0.131. The molecule has 1 fully saturated rings. The van der Waals surface area contributed by atoms with Crippen molar-refractivity contribution < 1.29 is 14.7 Å². The van der Waals surface area contributed by atoms with Crippen LogP contribution < -0.4 is 5.32 Å². The summed E-state index contributed by atoms with van der Waals surface area (Å²) in [4.78, 5) is 27.8. The fourth-order valence-corrected chi connectivity index (χ4v) is 3.20. The average molecular weight is 345 g/mol. The number of benzene rings is 1. The number of pyridine rings is 1. The second-order valence-electron chi connectivity index (χ2n) is 5.93. The first-order valence-electron chi connectivity index (χ1n) is 7.79. The van der Waals surface area contributed by atoms with Crippen molar-refractivity contribution in [3.8, 4) is 11.3 Å². The molecular formula is C18H17ClN2O3. The molecule has 0 radical (unpaired) electrons. The largest absolute Gasteiger partial charge is 0.481 e. The Balaban J connectivity index is 1.76. The predicted octanol–water partition coefficient (Wildman–Crippen LogP) is 3.39. The number of carboxylic acid groups (broad SMARTS) is 1. The van der Waals surface area contributed by atoms with Crippen LogP contribution in [0.25, 0.3) is 11.3 Å². The molecule has 0 aliphatic heterocycles. The van der Waals surface area contributed by atoms with Crippen molar-refractivity contribution in [2.75, 3.05) is 0 Å². The van der Waals surface area contributed by atoms with Crippen molar-refractivity contribution in [1.82, 2.24) is 10.3 Å². The van der Waals surface area contributed by atoms with Gasteiger partial charge in [-0.05, 0) is 43.5 Å². The van der Waals surface area contributed by atoms with Crippen molar-refractivity contribution in [2.24, 2.45) is 5.92 Å². The molecule has 24 heavy (non-hydrogen) atoms. The summed E-state index contributed by atoms with van der Waals surface area (Å²) >= 11 is 6.17. The van der Waals surface area contributed by atoms with Crippen LogP contribution in [0.5, 0.6) is 0 Å². The highest BCUT2D eigenvalue weighted by Gasteiger charge is 2.31. The molecule has 2 aromatic rings. The lowest BCUT2D eigenvalue weighted by molar-refractivity contribution is -0.141. The van der Waals surface area contributed by atoms with Gasteiger partial charge >= 0.3 is 5.97 Å². The number of aromatic nitrogens is 1. The fourth-order valence-electron chi connectivity index (χ4n) is 2.99. The van der Waals surface area contributed by atoms with E-state index in [-0.39, 0.29) is 17.9 Å². The van der Waals surface area contributed by atoms with E-state index in [2.05, 4.69) is 10.3 Å². The smallest absolute Gasteiger partial charge is 0.306 e. The van der Waals surface area contributed by atoms with E-state index in [4.69, 9.17) is 16.7 Å². The van der Waals surface area contributed by atoms with Crippen molar-refractivity contribution in [3.05, 3.63) is 53.2 Å². The van der Waals surface area contributed by atoms with Crippen molar-refractivity contribution in [2.45, 2.75) is 25.3 Å². The van der Waals surface area contributed by atoms with Gasteiger partial charge in [0.05, 0.1) is 22.2 Å². The third kappa shape index (κ3) is 3.57. The quantitative estimate of drug-likeness (QED) is 0.891. The van der Waals surface area contributed by atoms with E-state index < -0.39 is 5.97 Å². The average Bonchev–Trinajstić information content (AvgIpc) is 3.05. The molecule has 1 aromatic heterocycles. The summed E-state index contributed by atoms with van der Waals surface area (Å²) in [5.74, 6) is -1.47. The van der Waals surface area contributed by atoms with Crippen LogP contribution in [-0.4, -0.2) is 28.0 Å². The monoisotopic (exact) mass is 344 g/mol. The molecule has 1 aliphatic rings. The zero-order valence-electron chi connectivity index (χ0n) is 12.9. The van der Waals surface area contributed by atoms with E-state index in [0.29, 0.717) is 29.8 Å². The Morgan fingerprint density at radius 2 is 2.04 bits per heavy atom. The number of carbonyl (C=O) groups excluding carboxylic acids is 1. The van der Waals surface area contributed by atoms with Gasteiger partial charge in [-0.2, -0.15) is 0 Å². The topological polar surface area (TPSA) is 79.3 Å². The van der Waals surface area contributed by atoms with E-state index in [1.807, 2.05) is 24.3 Å². The molecule has 0 saturated heterocycles. The van der Waals surface area contributed by atoms with Crippen molar-refractivity contribution in [1.29, 1.82) is 0 Å². The number of aliphatic carboxylic acids is 1. The van der Waals surface area contributed by atoms with Crippen molar-refractivity contribution in [3.63, 3.8) is 0 Å². The molecule has 0 spiro atoms. The van der Waals surface area contributed by atoms with E-state index in [1.165, 1.54) is 0 Å². The molecule has 3 rings (SSSR count). The van der Waals surface area contributed by atoms with Crippen LogP contribution in [0.15, 0.2) is 42.6 Å². The number of nitrogens with zero attached hydrogens (tertiary/aromatic N) is 1. The lowest BCUT2D eigenvalue weighted by Gasteiger charge is -2.14. The van der Waals surface area contributed by atoms with Gasteiger partial charge in [0.25, 0.3) is 5.91 Å². The van der Waals surface area contributed by atoms with E-state index in [1.54, 1.807) is 18.3 Å². The zero-order chi connectivity index (χ0) is 17.1. The Kier molecular flexibility index (Phi) is 4.81. The normalized spacial score (nSPS) is 19.9. The Hall–Kier alpha value is -2.40. The van der Waals surface area contributed by atoms with E-state index in [9.17, 15) is 9.59 Å². The van der Waals surface area contributed by atoms with Gasteiger partial charge in [-0.25, -0.2) is 0 Å². The van der Waals surface area contributed by atoms with Crippen LogP contribution in [0.1, 0.15) is 29.6 Å². The number of amides is 1. The molecule has 0 unspecified atom stereocenters. The summed E-state index contributed by atoms with van der Waals surface area (Å²) in [6, 6.07) is 10.6.